The fourth-order valence-electron chi connectivity index (χ4n) is 1.88. The number of aliphatic carboxylic acids is 1. The summed E-state index contributed by atoms with van der Waals surface area (Å²) >= 11 is 0. The molecule has 20 heavy (non-hydrogen) atoms. The molecule has 0 aliphatic rings. The van der Waals surface area contributed by atoms with Crippen LogP contribution in [-0.2, 0) is 9.53 Å². The lowest BCUT2D eigenvalue weighted by atomic mass is 10.1. The van der Waals surface area contributed by atoms with E-state index in [2.05, 4.69) is 0 Å². The predicted molar refractivity (Wildman–Crippen MR) is 70.0 cm³/mol. The van der Waals surface area contributed by atoms with Crippen molar-refractivity contribution in [3.63, 3.8) is 0 Å². The topological polar surface area (TPSA) is 86.0 Å². The highest BCUT2D eigenvalue weighted by molar-refractivity contribution is 6.04. The molecule has 1 aromatic heterocycles. The average Bonchev–Trinajstić information content (AvgIpc) is 2.73. The van der Waals surface area contributed by atoms with Crippen molar-refractivity contribution in [1.82, 2.24) is 0 Å². The zero-order valence-electron chi connectivity index (χ0n) is 11.3. The van der Waals surface area contributed by atoms with E-state index >= 15 is 0 Å². The fourth-order valence-corrected chi connectivity index (χ4v) is 1.88. The minimum Gasteiger partial charge on any atom is -0.479 e. The Hall–Kier alpha value is -2.50. The van der Waals surface area contributed by atoms with Gasteiger partial charge in [0.25, 0.3) is 0 Å². The summed E-state index contributed by atoms with van der Waals surface area (Å²) in [5.74, 6) is -0.792. The first kappa shape index (κ1) is 13.9. The number of rotatable bonds is 4. The lowest BCUT2D eigenvalue weighted by molar-refractivity contribution is -0.144. The summed E-state index contributed by atoms with van der Waals surface area (Å²) in [5, 5.41) is 9.36. The summed E-state index contributed by atoms with van der Waals surface area (Å²) in [5.41, 5.74) is 0.828. The van der Waals surface area contributed by atoms with E-state index in [0.717, 1.165) is 0 Å². The smallest absolute Gasteiger partial charge is 0.344 e. The quantitative estimate of drug-likeness (QED) is 0.864. The van der Waals surface area contributed by atoms with E-state index in [1.807, 2.05) is 0 Å². The summed E-state index contributed by atoms with van der Waals surface area (Å²) in [4.78, 5) is 22.5. The van der Waals surface area contributed by atoms with Crippen LogP contribution in [0.3, 0.4) is 0 Å². The van der Waals surface area contributed by atoms with E-state index < -0.39 is 18.0 Å². The molecule has 6 nitrogen and oxygen atoms in total. The van der Waals surface area contributed by atoms with Crippen LogP contribution in [0.25, 0.3) is 11.0 Å². The molecule has 2 aromatic rings. The van der Waals surface area contributed by atoms with Crippen LogP contribution in [0, 0.1) is 6.92 Å². The maximum absolute atomic E-state index is 11.7. The molecule has 0 bridgehead atoms. The van der Waals surface area contributed by atoms with E-state index in [1.54, 1.807) is 25.1 Å². The molecule has 1 aromatic carbocycles. The zero-order chi connectivity index (χ0) is 14.9. The van der Waals surface area contributed by atoms with Crippen molar-refractivity contribution >= 4 is 22.9 Å². The van der Waals surface area contributed by atoms with Crippen molar-refractivity contribution in [3.8, 4) is 5.75 Å². The van der Waals surface area contributed by atoms with Gasteiger partial charge in [-0.3, -0.25) is 0 Å². The Balaban J connectivity index is 2.47. The number of hydrogen-bond donors (Lipinski definition) is 1. The number of carbonyl (C=O) groups excluding carboxylic acids is 1. The minimum atomic E-state index is -1.07. The molecule has 0 fully saturated rings. The van der Waals surface area contributed by atoms with E-state index in [1.165, 1.54) is 14.0 Å². The van der Waals surface area contributed by atoms with E-state index in [-0.39, 0.29) is 0 Å². The van der Waals surface area contributed by atoms with Gasteiger partial charge in [-0.15, -0.1) is 0 Å². The highest BCUT2D eigenvalue weighted by Crippen LogP contribution is 2.29. The molecule has 6 heteroatoms. The van der Waals surface area contributed by atoms with Crippen molar-refractivity contribution < 1.29 is 28.6 Å². The standard InChI is InChI=1S/C14H14O6/c1-7-12(14(17)18-3)10-6-9(4-5-11(10)20-7)19-8(2)13(15)16/h4-6,8H,1-3H3,(H,15,16)/t8-/m1/s1. The van der Waals surface area contributed by atoms with Crippen LogP contribution in [0.4, 0.5) is 0 Å². The first-order chi connectivity index (χ1) is 9.43. The molecule has 0 saturated carbocycles. The van der Waals surface area contributed by atoms with Crippen LogP contribution in [0.5, 0.6) is 5.75 Å². The Morgan fingerprint density at radius 1 is 1.35 bits per heavy atom. The molecule has 0 radical (unpaired) electrons. The van der Waals surface area contributed by atoms with Gasteiger partial charge in [-0.1, -0.05) is 0 Å². The van der Waals surface area contributed by atoms with Gasteiger partial charge in [0.15, 0.2) is 6.10 Å². The number of ether oxygens (including phenoxy) is 2. The van der Waals surface area contributed by atoms with Gasteiger partial charge in [0.2, 0.25) is 0 Å². The SMILES string of the molecule is COC(=O)c1c(C)oc2ccc(O[C@H](C)C(=O)O)cc12. The molecule has 0 unspecified atom stereocenters. The number of benzene rings is 1. The average molecular weight is 278 g/mol. The Labute approximate surface area is 114 Å². The van der Waals surface area contributed by atoms with Crippen LogP contribution in [-0.4, -0.2) is 30.3 Å². The van der Waals surface area contributed by atoms with Gasteiger partial charge in [0, 0.05) is 5.39 Å². The Bertz CT molecular complexity index is 670. The van der Waals surface area contributed by atoms with E-state index in [9.17, 15) is 9.59 Å². The second-order valence-electron chi connectivity index (χ2n) is 4.28. The van der Waals surface area contributed by atoms with Crippen molar-refractivity contribution in [3.05, 3.63) is 29.5 Å². The molecule has 106 valence electrons. The molecule has 0 amide bonds. The number of carboxylic acid groups (broad SMARTS) is 1. The number of esters is 1. The number of carboxylic acids is 1. The van der Waals surface area contributed by atoms with Crippen LogP contribution < -0.4 is 4.74 Å². The van der Waals surface area contributed by atoms with Crippen molar-refractivity contribution in [1.29, 1.82) is 0 Å². The number of furan rings is 1. The predicted octanol–water partition coefficient (Wildman–Crippen LogP) is 2.38. The number of carbonyl (C=O) groups is 2. The van der Waals surface area contributed by atoms with Gasteiger partial charge in [0.05, 0.1) is 7.11 Å². The molecule has 1 N–H and O–H groups in total. The second-order valence-corrected chi connectivity index (χ2v) is 4.28. The molecule has 0 spiro atoms. The highest BCUT2D eigenvalue weighted by atomic mass is 16.5. The lowest BCUT2D eigenvalue weighted by Gasteiger charge is -2.10. The van der Waals surface area contributed by atoms with Gasteiger partial charge in [-0.25, -0.2) is 9.59 Å². The summed E-state index contributed by atoms with van der Waals surface area (Å²) in [6.07, 6.45) is -0.984. The normalized spacial score (nSPS) is 12.2. The van der Waals surface area contributed by atoms with Gasteiger partial charge < -0.3 is 19.0 Å². The molecule has 0 aliphatic heterocycles. The molecule has 1 atom stereocenters. The Morgan fingerprint density at radius 2 is 2.05 bits per heavy atom. The number of fused-ring (bicyclic) bond motifs is 1. The summed E-state index contributed by atoms with van der Waals surface area (Å²) < 4.78 is 15.4. The van der Waals surface area contributed by atoms with Crippen LogP contribution in [0.15, 0.2) is 22.6 Å². The van der Waals surface area contributed by atoms with E-state index in [0.29, 0.717) is 28.0 Å². The largest absolute Gasteiger partial charge is 0.479 e. The van der Waals surface area contributed by atoms with Gasteiger partial charge in [0.1, 0.15) is 22.7 Å². The minimum absolute atomic E-state index is 0.316. The number of methoxy groups -OCH3 is 1. The number of aryl methyl sites for hydroxylation is 1. The Kier molecular flexibility index (Phi) is 3.65. The third-order valence-corrected chi connectivity index (χ3v) is 2.89. The first-order valence-corrected chi connectivity index (χ1v) is 5.95. The first-order valence-electron chi connectivity index (χ1n) is 5.95. The van der Waals surface area contributed by atoms with Crippen LogP contribution in [0.2, 0.25) is 0 Å². The van der Waals surface area contributed by atoms with E-state index in [4.69, 9.17) is 19.0 Å². The molecule has 0 saturated heterocycles. The summed E-state index contributed by atoms with van der Waals surface area (Å²) in [6.45, 7) is 3.08. The zero-order valence-corrected chi connectivity index (χ0v) is 11.3. The third kappa shape index (κ3) is 2.45. The van der Waals surface area contributed by atoms with Crippen molar-refractivity contribution in [2.24, 2.45) is 0 Å². The van der Waals surface area contributed by atoms with Gasteiger partial charge in [-0.2, -0.15) is 0 Å². The maximum Gasteiger partial charge on any atom is 0.344 e. The monoisotopic (exact) mass is 278 g/mol. The highest BCUT2D eigenvalue weighted by Gasteiger charge is 2.20. The lowest BCUT2D eigenvalue weighted by Crippen LogP contribution is -2.22. The van der Waals surface area contributed by atoms with Crippen LogP contribution >= 0.6 is 0 Å². The molecule has 1 heterocycles. The van der Waals surface area contributed by atoms with Crippen LogP contribution in [0.1, 0.15) is 23.0 Å². The molecular formula is C14H14O6. The third-order valence-electron chi connectivity index (χ3n) is 2.89. The van der Waals surface area contributed by atoms with Gasteiger partial charge >= 0.3 is 11.9 Å². The second kappa shape index (κ2) is 5.24. The molecular weight excluding hydrogens is 264 g/mol. The number of hydrogen-bond acceptors (Lipinski definition) is 5. The summed E-state index contributed by atoms with van der Waals surface area (Å²) in [6, 6.07) is 4.78. The van der Waals surface area contributed by atoms with Gasteiger partial charge in [-0.05, 0) is 32.0 Å². The fraction of sp³-hybridized carbons (Fsp3) is 0.286. The Morgan fingerprint density at radius 3 is 2.65 bits per heavy atom. The molecule has 0 aliphatic carbocycles. The summed E-state index contributed by atoms with van der Waals surface area (Å²) in [7, 11) is 1.29. The van der Waals surface area contributed by atoms with Crippen molar-refractivity contribution in [2.45, 2.75) is 20.0 Å². The molecule has 2 rings (SSSR count). The van der Waals surface area contributed by atoms with Crippen molar-refractivity contribution in [2.75, 3.05) is 7.11 Å². The maximum atomic E-state index is 11.7.